The van der Waals surface area contributed by atoms with Gasteiger partial charge in [-0.25, -0.2) is 4.79 Å². The van der Waals surface area contributed by atoms with Gasteiger partial charge in [0.2, 0.25) is 0 Å². The molecule has 1 atom stereocenters. The minimum Gasteiger partial charge on any atom is -0.481 e. The molecule has 0 saturated carbocycles. The number of aliphatic carboxylic acids is 1. The van der Waals surface area contributed by atoms with Gasteiger partial charge in [-0.15, -0.1) is 0 Å². The lowest BCUT2D eigenvalue weighted by Crippen LogP contribution is -2.42. The molecular formula is C14H21N3O3. The van der Waals surface area contributed by atoms with Crippen LogP contribution in [0.4, 0.5) is 10.5 Å². The molecule has 2 amide bonds. The van der Waals surface area contributed by atoms with Crippen LogP contribution in [-0.2, 0) is 4.79 Å². The highest BCUT2D eigenvalue weighted by Crippen LogP contribution is 2.13. The number of carboxylic acid groups (broad SMARTS) is 1. The minimum atomic E-state index is -0.933. The van der Waals surface area contributed by atoms with Crippen LogP contribution in [0, 0.1) is 19.8 Å². The molecule has 0 saturated heterocycles. The van der Waals surface area contributed by atoms with E-state index in [-0.39, 0.29) is 12.3 Å². The van der Waals surface area contributed by atoms with E-state index in [0.29, 0.717) is 5.69 Å². The van der Waals surface area contributed by atoms with Gasteiger partial charge in [0, 0.05) is 11.7 Å². The van der Waals surface area contributed by atoms with Gasteiger partial charge in [-0.3, -0.25) is 9.78 Å². The summed E-state index contributed by atoms with van der Waals surface area (Å²) in [7, 11) is 0. The Morgan fingerprint density at radius 1 is 1.30 bits per heavy atom. The third-order valence-electron chi connectivity index (χ3n) is 2.99. The van der Waals surface area contributed by atoms with Crippen molar-refractivity contribution in [3.05, 3.63) is 23.5 Å². The Morgan fingerprint density at radius 2 is 1.95 bits per heavy atom. The molecule has 110 valence electrons. The van der Waals surface area contributed by atoms with Crippen LogP contribution < -0.4 is 10.6 Å². The second-order valence-corrected chi connectivity index (χ2v) is 5.13. The van der Waals surface area contributed by atoms with Crippen LogP contribution in [-0.4, -0.2) is 28.1 Å². The number of amides is 2. The topological polar surface area (TPSA) is 91.3 Å². The molecule has 0 radical (unpaired) electrons. The average Bonchev–Trinajstić information content (AvgIpc) is 2.31. The van der Waals surface area contributed by atoms with Crippen molar-refractivity contribution in [1.82, 2.24) is 10.3 Å². The van der Waals surface area contributed by atoms with Crippen molar-refractivity contribution in [3.63, 3.8) is 0 Å². The summed E-state index contributed by atoms with van der Waals surface area (Å²) in [5, 5.41) is 14.2. The standard InChI is InChI=1S/C14H21N3O3/c1-8(2)12(7-13(18)19)17-14(20)16-11-6-5-9(3)15-10(11)4/h5-6,8,12H,7H2,1-4H3,(H,18,19)(H2,16,17,20). The summed E-state index contributed by atoms with van der Waals surface area (Å²) in [6.45, 7) is 7.41. The molecular weight excluding hydrogens is 258 g/mol. The van der Waals surface area contributed by atoms with Gasteiger partial charge in [0.25, 0.3) is 0 Å². The molecule has 0 fully saturated rings. The number of carbonyl (C=O) groups excluding carboxylic acids is 1. The van der Waals surface area contributed by atoms with Crippen LogP contribution >= 0.6 is 0 Å². The lowest BCUT2D eigenvalue weighted by atomic mass is 10.0. The minimum absolute atomic E-state index is 0.0362. The maximum absolute atomic E-state index is 11.9. The highest BCUT2D eigenvalue weighted by Gasteiger charge is 2.19. The number of aromatic nitrogens is 1. The maximum Gasteiger partial charge on any atom is 0.319 e. The molecule has 1 rings (SSSR count). The molecule has 1 unspecified atom stereocenters. The molecule has 6 nitrogen and oxygen atoms in total. The van der Waals surface area contributed by atoms with E-state index in [1.165, 1.54) is 0 Å². The van der Waals surface area contributed by atoms with Gasteiger partial charge in [-0.2, -0.15) is 0 Å². The number of hydrogen-bond acceptors (Lipinski definition) is 3. The van der Waals surface area contributed by atoms with Crippen molar-refractivity contribution in [1.29, 1.82) is 0 Å². The molecule has 0 spiro atoms. The molecule has 1 aromatic rings. The van der Waals surface area contributed by atoms with E-state index in [1.54, 1.807) is 19.1 Å². The van der Waals surface area contributed by atoms with Gasteiger partial charge in [-0.1, -0.05) is 13.8 Å². The summed E-state index contributed by atoms with van der Waals surface area (Å²) < 4.78 is 0. The summed E-state index contributed by atoms with van der Waals surface area (Å²) >= 11 is 0. The van der Waals surface area contributed by atoms with Crippen molar-refractivity contribution >= 4 is 17.7 Å². The predicted octanol–water partition coefficient (Wildman–Crippen LogP) is 2.32. The highest BCUT2D eigenvalue weighted by molar-refractivity contribution is 5.90. The van der Waals surface area contributed by atoms with Crippen molar-refractivity contribution in [2.24, 2.45) is 5.92 Å². The predicted molar refractivity (Wildman–Crippen MR) is 76.7 cm³/mol. The van der Waals surface area contributed by atoms with Gasteiger partial charge in [0.05, 0.1) is 17.8 Å². The first-order valence-corrected chi connectivity index (χ1v) is 6.53. The van der Waals surface area contributed by atoms with Crippen LogP contribution in [0.1, 0.15) is 31.7 Å². The Balaban J connectivity index is 2.68. The molecule has 3 N–H and O–H groups in total. The SMILES string of the molecule is Cc1ccc(NC(=O)NC(CC(=O)O)C(C)C)c(C)n1. The number of hydrogen-bond donors (Lipinski definition) is 3. The number of pyridine rings is 1. The average molecular weight is 279 g/mol. The van der Waals surface area contributed by atoms with E-state index in [1.807, 2.05) is 20.8 Å². The van der Waals surface area contributed by atoms with Gasteiger partial charge in [0.1, 0.15) is 0 Å². The number of rotatable bonds is 5. The second-order valence-electron chi connectivity index (χ2n) is 5.13. The van der Waals surface area contributed by atoms with Gasteiger partial charge >= 0.3 is 12.0 Å². The lowest BCUT2D eigenvalue weighted by molar-refractivity contribution is -0.137. The van der Waals surface area contributed by atoms with E-state index >= 15 is 0 Å². The molecule has 20 heavy (non-hydrogen) atoms. The fraction of sp³-hybridized carbons (Fsp3) is 0.500. The van der Waals surface area contributed by atoms with Gasteiger partial charge < -0.3 is 15.7 Å². The first kappa shape index (κ1) is 15.9. The Morgan fingerprint density at radius 3 is 2.45 bits per heavy atom. The Labute approximate surface area is 118 Å². The Hall–Kier alpha value is -2.11. The largest absolute Gasteiger partial charge is 0.481 e. The molecule has 0 bridgehead atoms. The number of carbonyl (C=O) groups is 2. The van der Waals surface area contributed by atoms with Gasteiger partial charge in [-0.05, 0) is 31.9 Å². The number of carboxylic acids is 1. The second kappa shape index (κ2) is 6.88. The zero-order chi connectivity index (χ0) is 15.3. The normalized spacial score (nSPS) is 12.1. The van der Waals surface area contributed by atoms with E-state index in [0.717, 1.165) is 11.4 Å². The van der Waals surface area contributed by atoms with Crippen LogP contribution in [0.15, 0.2) is 12.1 Å². The zero-order valence-electron chi connectivity index (χ0n) is 12.2. The number of urea groups is 1. The molecule has 1 aromatic heterocycles. The molecule has 0 aromatic carbocycles. The fourth-order valence-corrected chi connectivity index (χ4v) is 1.79. The summed E-state index contributed by atoms with van der Waals surface area (Å²) in [6.07, 6.45) is -0.101. The molecule has 0 aliphatic heterocycles. The van der Waals surface area contributed by atoms with Crippen LogP contribution in [0.2, 0.25) is 0 Å². The Bertz CT molecular complexity index is 500. The molecule has 6 heteroatoms. The smallest absolute Gasteiger partial charge is 0.319 e. The van der Waals surface area contributed by atoms with E-state index in [4.69, 9.17) is 5.11 Å². The highest BCUT2D eigenvalue weighted by atomic mass is 16.4. The summed E-state index contributed by atoms with van der Waals surface area (Å²) in [6, 6.07) is 2.75. The summed E-state index contributed by atoms with van der Waals surface area (Å²) in [5.41, 5.74) is 2.21. The zero-order valence-corrected chi connectivity index (χ0v) is 12.2. The third kappa shape index (κ3) is 4.87. The van der Waals surface area contributed by atoms with Crippen LogP contribution in [0.3, 0.4) is 0 Å². The van der Waals surface area contributed by atoms with Crippen molar-refractivity contribution in [2.45, 2.75) is 40.2 Å². The fourth-order valence-electron chi connectivity index (χ4n) is 1.79. The van der Waals surface area contributed by atoms with Crippen LogP contribution in [0.25, 0.3) is 0 Å². The van der Waals surface area contributed by atoms with E-state index in [9.17, 15) is 9.59 Å². The quantitative estimate of drug-likeness (QED) is 0.771. The molecule has 1 heterocycles. The van der Waals surface area contributed by atoms with E-state index < -0.39 is 18.0 Å². The first-order valence-electron chi connectivity index (χ1n) is 6.53. The summed E-state index contributed by atoms with van der Waals surface area (Å²) in [4.78, 5) is 26.9. The number of aryl methyl sites for hydroxylation is 2. The third-order valence-corrected chi connectivity index (χ3v) is 2.99. The van der Waals surface area contributed by atoms with Crippen LogP contribution in [0.5, 0.6) is 0 Å². The number of nitrogens with zero attached hydrogens (tertiary/aromatic N) is 1. The summed E-state index contributed by atoms with van der Waals surface area (Å²) in [5.74, 6) is -0.897. The number of nitrogens with one attached hydrogen (secondary N) is 2. The van der Waals surface area contributed by atoms with E-state index in [2.05, 4.69) is 15.6 Å². The first-order chi connectivity index (χ1) is 9.29. The van der Waals surface area contributed by atoms with Crippen molar-refractivity contribution in [3.8, 4) is 0 Å². The number of anilines is 1. The molecule has 0 aliphatic rings. The van der Waals surface area contributed by atoms with Gasteiger partial charge in [0.15, 0.2) is 0 Å². The lowest BCUT2D eigenvalue weighted by Gasteiger charge is -2.21. The maximum atomic E-state index is 11.9. The van der Waals surface area contributed by atoms with Crippen molar-refractivity contribution < 1.29 is 14.7 Å². The molecule has 0 aliphatic carbocycles. The monoisotopic (exact) mass is 279 g/mol. The Kier molecular flexibility index (Phi) is 5.49. The van der Waals surface area contributed by atoms with Crippen molar-refractivity contribution in [2.75, 3.05) is 5.32 Å².